The molecule has 0 spiro atoms. The number of halogens is 2. The summed E-state index contributed by atoms with van der Waals surface area (Å²) in [5.74, 6) is 0. The minimum atomic E-state index is 0.753. The smallest absolute Gasteiger partial charge is 0.228 e. The molecule has 1 aliphatic heterocycles. The van der Waals surface area contributed by atoms with E-state index >= 15 is 0 Å². The van der Waals surface area contributed by atoms with Gasteiger partial charge in [0.2, 0.25) is 6.41 Å². The number of piperazine rings is 1. The van der Waals surface area contributed by atoms with Gasteiger partial charge in [0.1, 0.15) is 0 Å². The lowest BCUT2D eigenvalue weighted by molar-refractivity contribution is -0.110. The minimum absolute atomic E-state index is 0.753. The van der Waals surface area contributed by atoms with Crippen LogP contribution < -0.4 is 9.91 Å². The van der Waals surface area contributed by atoms with Gasteiger partial charge in [0.05, 0.1) is 5.69 Å². The molecule has 1 heterocycles. The number of carbonyl (C=O) groups is 1. The molecule has 0 saturated carbocycles. The molecule has 4 nitrogen and oxygen atoms in total. The van der Waals surface area contributed by atoms with Crippen molar-refractivity contribution >= 4 is 45.3 Å². The maximum Gasteiger partial charge on any atom is 0.228 e. The van der Waals surface area contributed by atoms with Gasteiger partial charge in [0, 0.05) is 41.4 Å². The SMILES string of the molecule is Cc1cc(N(C=O)N2CCN(c3cc(Cl)ccc3C)CC2)ccc1Br. The fraction of sp³-hybridized carbons (Fsp3) is 0.316. The summed E-state index contributed by atoms with van der Waals surface area (Å²) in [6.07, 6.45) is 0.892. The van der Waals surface area contributed by atoms with Crippen LogP contribution >= 0.6 is 27.5 Å². The standard InChI is InChI=1S/C19H21BrClN3O/c1-14-3-4-16(21)12-19(14)22-7-9-23(10-8-22)24(13-25)17-5-6-18(20)15(2)11-17/h3-6,11-13H,7-10H2,1-2H3. The summed E-state index contributed by atoms with van der Waals surface area (Å²) >= 11 is 9.65. The maximum atomic E-state index is 11.7. The van der Waals surface area contributed by atoms with E-state index in [9.17, 15) is 4.79 Å². The van der Waals surface area contributed by atoms with Gasteiger partial charge in [-0.25, -0.2) is 10.0 Å². The Kier molecular flexibility index (Phi) is 5.67. The molecule has 6 heteroatoms. The molecule has 2 aromatic rings. The number of anilines is 2. The van der Waals surface area contributed by atoms with Gasteiger partial charge < -0.3 is 4.90 Å². The third-order valence-corrected chi connectivity index (χ3v) is 5.70. The van der Waals surface area contributed by atoms with Crippen molar-refractivity contribution in [3.63, 3.8) is 0 Å². The summed E-state index contributed by atoms with van der Waals surface area (Å²) < 4.78 is 1.04. The van der Waals surface area contributed by atoms with Crippen molar-refractivity contribution in [2.24, 2.45) is 0 Å². The highest BCUT2D eigenvalue weighted by Crippen LogP contribution is 2.27. The van der Waals surface area contributed by atoms with E-state index in [2.05, 4.69) is 32.8 Å². The summed E-state index contributed by atoms with van der Waals surface area (Å²) in [4.78, 5) is 14.0. The molecule has 132 valence electrons. The van der Waals surface area contributed by atoms with Crippen molar-refractivity contribution < 1.29 is 4.79 Å². The quantitative estimate of drug-likeness (QED) is 0.683. The topological polar surface area (TPSA) is 26.8 Å². The molecule has 25 heavy (non-hydrogen) atoms. The summed E-state index contributed by atoms with van der Waals surface area (Å²) in [6.45, 7) is 7.37. The van der Waals surface area contributed by atoms with Gasteiger partial charge >= 0.3 is 0 Å². The van der Waals surface area contributed by atoms with E-state index in [1.165, 1.54) is 11.3 Å². The molecular formula is C19H21BrClN3O. The largest absolute Gasteiger partial charge is 0.369 e. The average molecular weight is 423 g/mol. The van der Waals surface area contributed by atoms with Gasteiger partial charge in [-0.15, -0.1) is 0 Å². The zero-order chi connectivity index (χ0) is 18.0. The highest BCUT2D eigenvalue weighted by molar-refractivity contribution is 9.10. The first-order valence-electron chi connectivity index (χ1n) is 8.26. The van der Waals surface area contributed by atoms with E-state index < -0.39 is 0 Å². The van der Waals surface area contributed by atoms with Crippen molar-refractivity contribution in [3.05, 3.63) is 57.0 Å². The normalized spacial score (nSPS) is 15.3. The van der Waals surface area contributed by atoms with Gasteiger partial charge in [-0.05, 0) is 55.3 Å². The first-order chi connectivity index (χ1) is 12.0. The molecule has 0 unspecified atom stereocenters. The predicted molar refractivity (Wildman–Crippen MR) is 107 cm³/mol. The molecule has 0 aliphatic carbocycles. The molecule has 0 N–H and O–H groups in total. The van der Waals surface area contributed by atoms with Gasteiger partial charge in [-0.1, -0.05) is 33.6 Å². The van der Waals surface area contributed by atoms with E-state index in [4.69, 9.17) is 11.6 Å². The van der Waals surface area contributed by atoms with Crippen molar-refractivity contribution in [2.45, 2.75) is 13.8 Å². The van der Waals surface area contributed by atoms with Crippen LogP contribution in [-0.4, -0.2) is 37.6 Å². The lowest BCUT2D eigenvalue weighted by Gasteiger charge is -2.40. The highest BCUT2D eigenvalue weighted by Gasteiger charge is 2.23. The summed E-state index contributed by atoms with van der Waals surface area (Å²) in [5.41, 5.74) is 4.39. The fourth-order valence-electron chi connectivity index (χ4n) is 3.14. The first-order valence-corrected chi connectivity index (χ1v) is 9.43. The molecule has 0 radical (unpaired) electrons. The van der Waals surface area contributed by atoms with Gasteiger partial charge in [-0.3, -0.25) is 4.79 Å². The second-order valence-corrected chi connectivity index (χ2v) is 7.55. The van der Waals surface area contributed by atoms with Crippen molar-refractivity contribution in [2.75, 3.05) is 36.1 Å². The highest BCUT2D eigenvalue weighted by atomic mass is 79.9. The number of amides is 1. The number of rotatable bonds is 4. The van der Waals surface area contributed by atoms with E-state index in [0.717, 1.165) is 53.3 Å². The van der Waals surface area contributed by atoms with Crippen molar-refractivity contribution in [3.8, 4) is 0 Å². The van der Waals surface area contributed by atoms with Crippen LogP contribution in [0.5, 0.6) is 0 Å². The first kappa shape index (κ1) is 18.2. The van der Waals surface area contributed by atoms with E-state index in [1.54, 1.807) is 5.01 Å². The van der Waals surface area contributed by atoms with E-state index in [-0.39, 0.29) is 0 Å². The molecule has 2 aromatic carbocycles. The lowest BCUT2D eigenvalue weighted by atomic mass is 10.1. The van der Waals surface area contributed by atoms with Crippen LogP contribution in [0.4, 0.5) is 11.4 Å². The number of aryl methyl sites for hydroxylation is 2. The summed E-state index contributed by atoms with van der Waals surface area (Å²) in [7, 11) is 0. The third kappa shape index (κ3) is 4.00. The molecule has 1 fully saturated rings. The fourth-order valence-corrected chi connectivity index (χ4v) is 3.55. The average Bonchev–Trinajstić information content (AvgIpc) is 2.61. The zero-order valence-electron chi connectivity index (χ0n) is 14.4. The van der Waals surface area contributed by atoms with Crippen LogP contribution in [0.15, 0.2) is 40.9 Å². The third-order valence-electron chi connectivity index (χ3n) is 4.58. The Bertz CT molecular complexity index is 775. The van der Waals surface area contributed by atoms with Crippen LogP contribution in [0.3, 0.4) is 0 Å². The molecule has 1 saturated heterocycles. The number of hydrazine groups is 1. The predicted octanol–water partition coefficient (Wildman–Crippen LogP) is 4.42. The molecular weight excluding hydrogens is 402 g/mol. The number of hydrogen-bond donors (Lipinski definition) is 0. The Morgan fingerprint density at radius 2 is 1.76 bits per heavy atom. The van der Waals surface area contributed by atoms with Gasteiger partial charge in [0.15, 0.2) is 0 Å². The Balaban J connectivity index is 1.73. The number of benzene rings is 2. The number of nitrogens with zero attached hydrogens (tertiary/aromatic N) is 3. The Morgan fingerprint density at radius 1 is 1.04 bits per heavy atom. The van der Waals surface area contributed by atoms with Crippen molar-refractivity contribution in [1.82, 2.24) is 5.01 Å². The van der Waals surface area contributed by atoms with E-state index in [0.29, 0.717) is 0 Å². The monoisotopic (exact) mass is 421 g/mol. The second-order valence-electron chi connectivity index (χ2n) is 6.25. The molecule has 1 amide bonds. The van der Waals surface area contributed by atoms with Crippen LogP contribution in [0.2, 0.25) is 5.02 Å². The van der Waals surface area contributed by atoms with E-state index in [1.807, 2.05) is 43.3 Å². The Morgan fingerprint density at radius 3 is 2.40 bits per heavy atom. The minimum Gasteiger partial charge on any atom is -0.369 e. The van der Waals surface area contributed by atoms with Crippen LogP contribution in [0.25, 0.3) is 0 Å². The van der Waals surface area contributed by atoms with Crippen LogP contribution in [0.1, 0.15) is 11.1 Å². The maximum absolute atomic E-state index is 11.7. The zero-order valence-corrected chi connectivity index (χ0v) is 16.7. The number of hydrogen-bond acceptors (Lipinski definition) is 3. The number of carbonyl (C=O) groups excluding carboxylic acids is 1. The van der Waals surface area contributed by atoms with Gasteiger partial charge in [0.25, 0.3) is 0 Å². The van der Waals surface area contributed by atoms with Gasteiger partial charge in [-0.2, -0.15) is 0 Å². The van der Waals surface area contributed by atoms with Crippen molar-refractivity contribution in [1.29, 1.82) is 0 Å². The van der Waals surface area contributed by atoms with Crippen LogP contribution in [-0.2, 0) is 4.79 Å². The molecule has 3 rings (SSSR count). The molecule has 0 aromatic heterocycles. The lowest BCUT2D eigenvalue weighted by Crippen LogP contribution is -2.53. The Hall–Kier alpha value is -1.56. The molecule has 0 atom stereocenters. The summed E-state index contributed by atoms with van der Waals surface area (Å²) in [5, 5.41) is 4.55. The second kappa shape index (κ2) is 7.77. The summed E-state index contributed by atoms with van der Waals surface area (Å²) in [6, 6.07) is 11.9. The molecule has 0 bridgehead atoms. The Labute approximate surface area is 162 Å². The molecule has 1 aliphatic rings. The van der Waals surface area contributed by atoms with Crippen LogP contribution in [0, 0.1) is 13.8 Å².